The summed E-state index contributed by atoms with van der Waals surface area (Å²) in [4.78, 5) is 13.8. The van der Waals surface area contributed by atoms with Crippen molar-refractivity contribution in [1.82, 2.24) is 0 Å². The van der Waals surface area contributed by atoms with Gasteiger partial charge in [-0.2, -0.15) is 0 Å². The van der Waals surface area contributed by atoms with E-state index in [9.17, 15) is 17.6 Å². The van der Waals surface area contributed by atoms with Crippen LogP contribution in [0.3, 0.4) is 0 Å². The van der Waals surface area contributed by atoms with Gasteiger partial charge in [-0.25, -0.2) is 17.9 Å². The normalized spacial score (nSPS) is 16.3. The minimum Gasteiger partial charge on any atom is -0.321 e. The number of halogens is 1. The molecule has 1 saturated carbocycles. The summed E-state index contributed by atoms with van der Waals surface area (Å²) in [6.45, 7) is 0.946. The van der Waals surface area contributed by atoms with Crippen LogP contribution in [-0.2, 0) is 21.4 Å². The summed E-state index contributed by atoms with van der Waals surface area (Å²) in [5, 5.41) is 7.93. The Morgan fingerprint density at radius 2 is 1.66 bits per heavy atom. The van der Waals surface area contributed by atoms with E-state index in [0.29, 0.717) is 24.8 Å². The number of hydrogen-bond acceptors (Lipinski definition) is 3. The van der Waals surface area contributed by atoms with Crippen molar-refractivity contribution in [2.24, 2.45) is 5.14 Å². The van der Waals surface area contributed by atoms with Crippen LogP contribution in [0.15, 0.2) is 53.4 Å². The molecule has 0 radical (unpaired) electrons. The van der Waals surface area contributed by atoms with E-state index in [1.165, 1.54) is 42.8 Å². The number of rotatable bonds is 7. The second-order valence-electron chi connectivity index (χ2n) is 7.59. The Hall–Kier alpha value is -2.29. The third kappa shape index (κ3) is 6.35. The van der Waals surface area contributed by atoms with Gasteiger partial charge in [0.15, 0.2) is 6.54 Å². The van der Waals surface area contributed by atoms with Gasteiger partial charge in [0, 0.05) is 11.3 Å². The highest BCUT2D eigenvalue weighted by atomic mass is 32.2. The van der Waals surface area contributed by atoms with Crippen LogP contribution in [0, 0.1) is 5.82 Å². The van der Waals surface area contributed by atoms with Gasteiger partial charge >= 0.3 is 0 Å². The average molecular weight is 421 g/mol. The largest absolute Gasteiger partial charge is 0.321 e. The molecule has 1 aliphatic carbocycles. The number of primary sulfonamides is 1. The Kier molecular flexibility index (Phi) is 7.00. The van der Waals surface area contributed by atoms with Crippen molar-refractivity contribution in [2.75, 3.05) is 11.9 Å². The summed E-state index contributed by atoms with van der Waals surface area (Å²) in [6, 6.07) is 12.6. The van der Waals surface area contributed by atoms with Crippen LogP contribution < -0.4 is 15.4 Å². The molecular formula is C21H27FN3O3S+. The summed E-state index contributed by atoms with van der Waals surface area (Å²) < 4.78 is 35.9. The quantitative estimate of drug-likeness (QED) is 0.638. The summed E-state index contributed by atoms with van der Waals surface area (Å²) in [5.74, 6) is -0.412. The van der Waals surface area contributed by atoms with Gasteiger partial charge in [-0.05, 0) is 62.1 Å². The molecule has 29 heavy (non-hydrogen) atoms. The lowest BCUT2D eigenvalue weighted by molar-refractivity contribution is -0.932. The predicted octanol–water partition coefficient (Wildman–Crippen LogP) is 1.83. The van der Waals surface area contributed by atoms with Crippen LogP contribution in [0.2, 0.25) is 0 Å². The van der Waals surface area contributed by atoms with Crippen LogP contribution in [0.25, 0.3) is 0 Å². The van der Waals surface area contributed by atoms with E-state index in [0.717, 1.165) is 36.1 Å². The van der Waals surface area contributed by atoms with Gasteiger partial charge in [-0.1, -0.05) is 18.6 Å². The maximum Gasteiger partial charge on any atom is 0.279 e. The van der Waals surface area contributed by atoms with Crippen molar-refractivity contribution in [3.8, 4) is 0 Å². The molecule has 0 saturated heterocycles. The zero-order valence-corrected chi connectivity index (χ0v) is 17.1. The number of nitrogens with one attached hydrogen (secondary N) is 2. The number of carbonyl (C=O) groups excluding carboxylic acids is 1. The summed E-state index contributed by atoms with van der Waals surface area (Å²) in [7, 11) is -3.76. The molecule has 1 unspecified atom stereocenters. The molecule has 1 atom stereocenters. The molecule has 4 N–H and O–H groups in total. The highest BCUT2D eigenvalue weighted by Gasteiger charge is 2.27. The number of sulfonamides is 1. The van der Waals surface area contributed by atoms with Crippen molar-refractivity contribution < 1.29 is 22.5 Å². The van der Waals surface area contributed by atoms with Gasteiger partial charge in [0.2, 0.25) is 10.0 Å². The molecular weight excluding hydrogens is 393 g/mol. The zero-order valence-electron chi connectivity index (χ0n) is 16.2. The Labute approximate surface area is 171 Å². The van der Waals surface area contributed by atoms with E-state index < -0.39 is 10.0 Å². The number of amides is 1. The first-order chi connectivity index (χ1) is 13.8. The Morgan fingerprint density at radius 1 is 1.03 bits per heavy atom. The lowest BCUT2D eigenvalue weighted by Gasteiger charge is -2.31. The van der Waals surface area contributed by atoms with E-state index in [4.69, 9.17) is 5.14 Å². The third-order valence-electron chi connectivity index (χ3n) is 5.38. The number of anilines is 1. The zero-order chi connectivity index (χ0) is 20.9. The van der Waals surface area contributed by atoms with Crippen LogP contribution in [0.4, 0.5) is 10.1 Å². The summed E-state index contributed by atoms with van der Waals surface area (Å²) in [6.07, 6.45) is 5.70. The van der Waals surface area contributed by atoms with Crippen LogP contribution in [0.1, 0.15) is 37.7 Å². The molecule has 2 aromatic rings. The van der Waals surface area contributed by atoms with Crippen molar-refractivity contribution >= 4 is 21.6 Å². The molecule has 0 bridgehead atoms. The molecule has 8 heteroatoms. The molecule has 0 spiro atoms. The smallest absolute Gasteiger partial charge is 0.279 e. The van der Waals surface area contributed by atoms with Gasteiger partial charge in [0.1, 0.15) is 12.4 Å². The van der Waals surface area contributed by atoms with Crippen molar-refractivity contribution in [3.05, 3.63) is 59.9 Å². The average Bonchev–Trinajstić information content (AvgIpc) is 2.69. The molecule has 1 fully saturated rings. The van der Waals surface area contributed by atoms with E-state index in [1.807, 2.05) is 0 Å². The maximum atomic E-state index is 13.2. The predicted molar refractivity (Wildman–Crippen MR) is 109 cm³/mol. The number of nitrogens with two attached hydrogens (primary N) is 1. The molecule has 1 amide bonds. The van der Waals surface area contributed by atoms with Gasteiger partial charge in [-0.15, -0.1) is 0 Å². The summed E-state index contributed by atoms with van der Waals surface area (Å²) >= 11 is 0. The Bertz CT molecular complexity index is 925. The van der Waals surface area contributed by atoms with Crippen molar-refractivity contribution in [3.63, 3.8) is 0 Å². The molecule has 6 nitrogen and oxygen atoms in total. The SMILES string of the molecule is NS(=O)(=O)c1ccc(NC(=O)C[NH+](Cc2ccc(F)cc2)C2CCCCC2)cc1. The first-order valence-corrected chi connectivity index (χ1v) is 11.4. The summed E-state index contributed by atoms with van der Waals surface area (Å²) in [5.41, 5.74) is 1.52. The highest BCUT2D eigenvalue weighted by molar-refractivity contribution is 7.89. The molecule has 156 valence electrons. The third-order valence-corrected chi connectivity index (χ3v) is 6.31. The van der Waals surface area contributed by atoms with E-state index in [2.05, 4.69) is 5.32 Å². The topological polar surface area (TPSA) is 93.7 Å². The first-order valence-electron chi connectivity index (χ1n) is 9.83. The van der Waals surface area contributed by atoms with Gasteiger partial charge in [-0.3, -0.25) is 4.79 Å². The lowest BCUT2D eigenvalue weighted by atomic mass is 9.93. The Balaban J connectivity index is 1.67. The lowest BCUT2D eigenvalue weighted by Crippen LogP contribution is -3.15. The fourth-order valence-corrected chi connectivity index (χ4v) is 4.38. The monoisotopic (exact) mass is 420 g/mol. The number of benzene rings is 2. The molecule has 0 aliphatic heterocycles. The fraction of sp³-hybridized carbons (Fsp3) is 0.381. The van der Waals surface area contributed by atoms with Gasteiger partial charge in [0.25, 0.3) is 5.91 Å². The van der Waals surface area contributed by atoms with Crippen molar-refractivity contribution in [1.29, 1.82) is 0 Å². The minimum absolute atomic E-state index is 0.00117. The minimum atomic E-state index is -3.76. The second-order valence-corrected chi connectivity index (χ2v) is 9.15. The standard InChI is InChI=1S/C21H26FN3O3S/c22-17-8-6-16(7-9-17)14-25(19-4-2-1-3-5-19)15-21(26)24-18-10-12-20(13-11-18)29(23,27)28/h6-13,19H,1-5,14-15H2,(H,24,26)(H2,23,27,28)/p+1. The van der Waals surface area contributed by atoms with E-state index >= 15 is 0 Å². The molecule has 2 aromatic carbocycles. The first kappa shape index (κ1) is 21.4. The molecule has 0 aromatic heterocycles. The maximum absolute atomic E-state index is 13.2. The van der Waals surface area contributed by atoms with Crippen molar-refractivity contribution in [2.45, 2.75) is 49.6 Å². The highest BCUT2D eigenvalue weighted by Crippen LogP contribution is 2.16. The molecule has 0 heterocycles. The molecule has 1 aliphatic rings. The fourth-order valence-electron chi connectivity index (χ4n) is 3.87. The Morgan fingerprint density at radius 3 is 2.24 bits per heavy atom. The van der Waals surface area contributed by atoms with Crippen LogP contribution >= 0.6 is 0 Å². The van der Waals surface area contributed by atoms with E-state index in [-0.39, 0.29) is 16.6 Å². The van der Waals surface area contributed by atoms with Gasteiger partial charge < -0.3 is 10.2 Å². The van der Waals surface area contributed by atoms with Crippen LogP contribution in [-0.4, -0.2) is 26.9 Å². The number of hydrogen-bond donors (Lipinski definition) is 3. The number of quaternary nitrogens is 1. The van der Waals surface area contributed by atoms with E-state index in [1.54, 1.807) is 12.1 Å². The number of carbonyl (C=O) groups is 1. The van der Waals surface area contributed by atoms with Crippen LogP contribution in [0.5, 0.6) is 0 Å². The second kappa shape index (κ2) is 9.47. The molecule has 3 rings (SSSR count). The van der Waals surface area contributed by atoms with Gasteiger partial charge in [0.05, 0.1) is 10.9 Å².